The van der Waals surface area contributed by atoms with Crippen LogP contribution in [0.25, 0.3) is 5.69 Å². The number of pyridine rings is 1. The number of hydrogen-bond acceptors (Lipinski definition) is 5. The average Bonchev–Trinajstić information content (AvgIpc) is 2.91. The smallest absolute Gasteiger partial charge is 0.298 e. The van der Waals surface area contributed by atoms with Gasteiger partial charge in [0, 0.05) is 6.20 Å². The van der Waals surface area contributed by atoms with Crippen LogP contribution < -0.4 is 5.32 Å². The monoisotopic (exact) mass is 336 g/mol. The maximum absolute atomic E-state index is 12.6. The maximum Gasteiger partial charge on any atom is 0.298 e. The van der Waals surface area contributed by atoms with Crippen molar-refractivity contribution < 1.29 is 14.7 Å². The van der Waals surface area contributed by atoms with Gasteiger partial charge in [0.2, 0.25) is 0 Å². The first-order chi connectivity index (χ1) is 12.0. The van der Waals surface area contributed by atoms with Crippen molar-refractivity contribution in [2.24, 2.45) is 0 Å². The molecule has 1 aromatic carbocycles. The highest BCUT2D eigenvalue weighted by atomic mass is 16.3. The lowest BCUT2D eigenvalue weighted by atomic mass is 10.1. The number of para-hydroxylation sites is 1. The van der Waals surface area contributed by atoms with E-state index in [4.69, 9.17) is 0 Å². The zero-order valence-electron chi connectivity index (χ0n) is 13.7. The molecule has 0 radical (unpaired) electrons. The number of aromatic hydroxyl groups is 1. The van der Waals surface area contributed by atoms with E-state index in [1.165, 1.54) is 18.3 Å². The first-order valence-electron chi connectivity index (χ1n) is 7.60. The van der Waals surface area contributed by atoms with Gasteiger partial charge in [-0.15, -0.1) is 0 Å². The van der Waals surface area contributed by atoms with Gasteiger partial charge >= 0.3 is 0 Å². The molecule has 0 spiro atoms. The number of ketones is 1. The fourth-order valence-electron chi connectivity index (χ4n) is 2.56. The van der Waals surface area contributed by atoms with E-state index in [-0.39, 0.29) is 17.1 Å². The molecule has 0 aliphatic carbocycles. The van der Waals surface area contributed by atoms with E-state index in [0.717, 1.165) is 5.69 Å². The second kappa shape index (κ2) is 6.56. The van der Waals surface area contributed by atoms with Crippen LogP contribution >= 0.6 is 0 Å². The van der Waals surface area contributed by atoms with Crippen molar-refractivity contribution in [3.8, 4) is 11.4 Å². The largest absolute Gasteiger partial charge is 0.504 e. The van der Waals surface area contributed by atoms with Crippen LogP contribution in [0.15, 0.2) is 48.7 Å². The summed E-state index contributed by atoms with van der Waals surface area (Å²) in [6.07, 6.45) is 1.41. The third-order valence-corrected chi connectivity index (χ3v) is 3.74. The van der Waals surface area contributed by atoms with Crippen LogP contribution in [0.5, 0.6) is 5.75 Å². The minimum atomic E-state index is -0.882. The van der Waals surface area contributed by atoms with Gasteiger partial charge in [0.05, 0.1) is 22.6 Å². The molecule has 3 rings (SSSR count). The third kappa shape index (κ3) is 3.12. The van der Waals surface area contributed by atoms with E-state index in [0.29, 0.717) is 11.4 Å². The van der Waals surface area contributed by atoms with E-state index in [1.54, 1.807) is 18.5 Å². The molecule has 7 heteroatoms. The molecule has 0 aliphatic heterocycles. The number of hydrogen-bond donors (Lipinski definition) is 2. The average molecular weight is 336 g/mol. The van der Waals surface area contributed by atoms with E-state index >= 15 is 0 Å². The summed E-state index contributed by atoms with van der Waals surface area (Å²) in [6.45, 7) is 3.40. The predicted molar refractivity (Wildman–Crippen MR) is 91.9 cm³/mol. The molecule has 0 bridgehead atoms. The van der Waals surface area contributed by atoms with Crippen LogP contribution in [0.4, 0.5) is 5.82 Å². The second-order valence-corrected chi connectivity index (χ2v) is 5.45. The molecule has 126 valence electrons. The Hall–Kier alpha value is -3.48. The molecule has 2 heterocycles. The van der Waals surface area contributed by atoms with Gasteiger partial charge in [0.1, 0.15) is 0 Å². The van der Waals surface area contributed by atoms with Gasteiger partial charge in [-0.25, -0.2) is 9.67 Å². The van der Waals surface area contributed by atoms with E-state index in [1.807, 2.05) is 30.3 Å². The summed E-state index contributed by atoms with van der Waals surface area (Å²) in [5, 5.41) is 16.4. The highest BCUT2D eigenvalue weighted by Crippen LogP contribution is 2.21. The van der Waals surface area contributed by atoms with Crippen LogP contribution in [0.2, 0.25) is 0 Å². The Morgan fingerprint density at radius 2 is 1.80 bits per heavy atom. The number of nitrogens with zero attached hydrogens (tertiary/aromatic N) is 3. The van der Waals surface area contributed by atoms with Crippen LogP contribution in [0.3, 0.4) is 0 Å². The molecule has 2 N–H and O–H groups in total. The van der Waals surface area contributed by atoms with Crippen molar-refractivity contribution in [1.29, 1.82) is 0 Å². The summed E-state index contributed by atoms with van der Waals surface area (Å²) < 4.78 is 1.62. The first kappa shape index (κ1) is 16.4. The van der Waals surface area contributed by atoms with E-state index in [2.05, 4.69) is 15.4 Å². The van der Waals surface area contributed by atoms with Crippen molar-refractivity contribution in [3.05, 3.63) is 65.6 Å². The number of anilines is 1. The van der Waals surface area contributed by atoms with E-state index < -0.39 is 11.7 Å². The fourth-order valence-corrected chi connectivity index (χ4v) is 2.56. The molecule has 0 atom stereocenters. The lowest BCUT2D eigenvalue weighted by Crippen LogP contribution is -2.24. The molecule has 0 saturated heterocycles. The number of aryl methyl sites for hydroxylation is 1. The van der Waals surface area contributed by atoms with Gasteiger partial charge < -0.3 is 10.4 Å². The number of nitrogens with one attached hydrogen (secondary N) is 1. The summed E-state index contributed by atoms with van der Waals surface area (Å²) in [4.78, 5) is 28.7. The Bertz CT molecular complexity index is 948. The Balaban J connectivity index is 1.91. The molecular weight excluding hydrogens is 320 g/mol. The lowest BCUT2D eigenvalue weighted by Gasteiger charge is -2.06. The van der Waals surface area contributed by atoms with Gasteiger partial charge in [-0.2, -0.15) is 5.10 Å². The van der Waals surface area contributed by atoms with Gasteiger partial charge in [-0.3, -0.25) is 9.59 Å². The minimum Gasteiger partial charge on any atom is -0.504 e. The predicted octanol–water partition coefficient (Wildman–Crippen LogP) is 2.41. The van der Waals surface area contributed by atoms with Crippen molar-refractivity contribution in [3.63, 3.8) is 0 Å². The van der Waals surface area contributed by atoms with Gasteiger partial charge in [-0.1, -0.05) is 18.2 Å². The SMILES string of the molecule is Cc1nn(-c2ccccc2)c(C)c1C(=O)C(=O)Nc1ncccc1O. The normalized spacial score (nSPS) is 10.5. The molecule has 25 heavy (non-hydrogen) atoms. The topological polar surface area (TPSA) is 97.1 Å². The minimum absolute atomic E-state index is 0.0633. The Labute approximate surface area is 143 Å². The van der Waals surface area contributed by atoms with Crippen molar-refractivity contribution in [2.45, 2.75) is 13.8 Å². The zero-order valence-corrected chi connectivity index (χ0v) is 13.7. The molecule has 0 fully saturated rings. The molecule has 1 amide bonds. The molecule has 0 unspecified atom stereocenters. The van der Waals surface area contributed by atoms with Crippen molar-refractivity contribution in [2.75, 3.05) is 5.32 Å². The lowest BCUT2D eigenvalue weighted by molar-refractivity contribution is -0.112. The van der Waals surface area contributed by atoms with Gasteiger partial charge in [-0.05, 0) is 38.1 Å². The number of benzene rings is 1. The molecule has 2 aromatic heterocycles. The molecule has 3 aromatic rings. The summed E-state index contributed by atoms with van der Waals surface area (Å²) in [7, 11) is 0. The quantitative estimate of drug-likeness (QED) is 0.563. The summed E-state index contributed by atoms with van der Waals surface area (Å²) in [5.41, 5.74) is 2.04. The van der Waals surface area contributed by atoms with Gasteiger partial charge in [0.25, 0.3) is 11.7 Å². The number of rotatable bonds is 4. The Morgan fingerprint density at radius 3 is 2.48 bits per heavy atom. The molecular formula is C18H16N4O3. The fraction of sp³-hybridized carbons (Fsp3) is 0.111. The van der Waals surface area contributed by atoms with Crippen molar-refractivity contribution in [1.82, 2.24) is 14.8 Å². The molecule has 0 saturated carbocycles. The molecule has 0 aliphatic rings. The third-order valence-electron chi connectivity index (χ3n) is 3.74. The van der Waals surface area contributed by atoms with Crippen LogP contribution in [0, 0.1) is 13.8 Å². The summed E-state index contributed by atoms with van der Waals surface area (Å²) in [6, 6.07) is 12.2. The summed E-state index contributed by atoms with van der Waals surface area (Å²) in [5.74, 6) is -1.89. The highest BCUT2D eigenvalue weighted by molar-refractivity contribution is 6.47. The Kier molecular flexibility index (Phi) is 4.30. The van der Waals surface area contributed by atoms with Crippen LogP contribution in [-0.2, 0) is 4.79 Å². The van der Waals surface area contributed by atoms with Gasteiger partial charge in [0.15, 0.2) is 11.6 Å². The van der Waals surface area contributed by atoms with Crippen molar-refractivity contribution >= 4 is 17.5 Å². The highest BCUT2D eigenvalue weighted by Gasteiger charge is 2.25. The number of carbonyl (C=O) groups excluding carboxylic acids is 2. The number of Topliss-reactive ketones (excluding diaryl/α,β-unsaturated/α-hetero) is 1. The number of amides is 1. The number of carbonyl (C=O) groups is 2. The standard InChI is InChI=1S/C18H16N4O3/c1-11-15(12(2)22(21-11)13-7-4-3-5-8-13)16(24)18(25)20-17-14(23)9-6-10-19-17/h3-10,23H,1-2H3,(H,19,20,25). The second-order valence-electron chi connectivity index (χ2n) is 5.45. The van der Waals surface area contributed by atoms with E-state index in [9.17, 15) is 14.7 Å². The maximum atomic E-state index is 12.6. The molecule has 7 nitrogen and oxygen atoms in total. The summed E-state index contributed by atoms with van der Waals surface area (Å²) >= 11 is 0. The Morgan fingerprint density at radius 1 is 1.08 bits per heavy atom. The number of aromatic nitrogens is 3. The zero-order chi connectivity index (χ0) is 18.0. The first-order valence-corrected chi connectivity index (χ1v) is 7.60. The van der Waals surface area contributed by atoms with Crippen LogP contribution in [0.1, 0.15) is 21.7 Å². The van der Waals surface area contributed by atoms with Crippen LogP contribution in [-0.4, -0.2) is 31.6 Å².